The molecule has 2 aromatic rings. The van der Waals surface area contributed by atoms with Gasteiger partial charge in [0.25, 0.3) is 0 Å². The largest absolute Gasteiger partial charge is 0.496 e. The van der Waals surface area contributed by atoms with Crippen LogP contribution in [0.4, 0.5) is 0 Å². The zero-order valence-electron chi connectivity index (χ0n) is 12.4. The molecule has 0 amide bonds. The van der Waals surface area contributed by atoms with Gasteiger partial charge in [-0.25, -0.2) is 0 Å². The molecule has 0 aliphatic rings. The fraction of sp³-hybridized carbons (Fsp3) is 0.294. The average Bonchev–Trinajstić information content (AvgIpc) is 2.50. The summed E-state index contributed by atoms with van der Waals surface area (Å²) in [5, 5.41) is 0.738. The number of methoxy groups -OCH3 is 1. The van der Waals surface area contributed by atoms with Crippen molar-refractivity contribution in [3.05, 3.63) is 64.7 Å². The summed E-state index contributed by atoms with van der Waals surface area (Å²) in [6.07, 6.45) is 0. The molecule has 0 saturated carbocycles. The molecule has 0 fully saturated rings. The molecule has 0 heterocycles. The molecule has 0 aromatic heterocycles. The molecule has 0 saturated heterocycles. The van der Waals surface area contributed by atoms with E-state index in [4.69, 9.17) is 22.1 Å². The van der Waals surface area contributed by atoms with Crippen LogP contribution < -0.4 is 10.5 Å². The standard InChI is InChI=1S/C17H21ClN2O/c1-20(12-14-5-3-4-6-17(14)21-2)16(11-19)13-7-9-15(18)10-8-13/h3-10,16H,11-12,19H2,1-2H3. The van der Waals surface area contributed by atoms with Crippen LogP contribution in [0.5, 0.6) is 5.75 Å². The van der Waals surface area contributed by atoms with Gasteiger partial charge in [0.05, 0.1) is 7.11 Å². The molecule has 21 heavy (non-hydrogen) atoms. The van der Waals surface area contributed by atoms with Crippen molar-refractivity contribution in [3.8, 4) is 5.75 Å². The number of para-hydroxylation sites is 1. The summed E-state index contributed by atoms with van der Waals surface area (Å²) >= 11 is 5.95. The van der Waals surface area contributed by atoms with Gasteiger partial charge < -0.3 is 10.5 Å². The second-order valence-electron chi connectivity index (χ2n) is 5.03. The highest BCUT2D eigenvalue weighted by Gasteiger charge is 2.17. The van der Waals surface area contributed by atoms with Crippen LogP contribution in [0.3, 0.4) is 0 Å². The van der Waals surface area contributed by atoms with E-state index in [1.165, 1.54) is 5.56 Å². The number of nitrogens with zero attached hydrogens (tertiary/aromatic N) is 1. The predicted molar refractivity (Wildman–Crippen MR) is 87.7 cm³/mol. The third kappa shape index (κ3) is 3.97. The first-order chi connectivity index (χ1) is 10.2. The van der Waals surface area contributed by atoms with Gasteiger partial charge >= 0.3 is 0 Å². The maximum absolute atomic E-state index is 5.96. The molecule has 1 atom stereocenters. The molecule has 0 aliphatic carbocycles. The van der Waals surface area contributed by atoms with Gasteiger partial charge in [-0.1, -0.05) is 41.9 Å². The van der Waals surface area contributed by atoms with Crippen molar-refractivity contribution in [2.24, 2.45) is 5.73 Å². The lowest BCUT2D eigenvalue weighted by atomic mass is 10.0. The lowest BCUT2D eigenvalue weighted by Crippen LogP contribution is -2.30. The van der Waals surface area contributed by atoms with Gasteiger partial charge in [0.2, 0.25) is 0 Å². The van der Waals surface area contributed by atoms with E-state index in [-0.39, 0.29) is 6.04 Å². The van der Waals surface area contributed by atoms with Crippen molar-refractivity contribution >= 4 is 11.6 Å². The molecule has 2 N–H and O–H groups in total. The van der Waals surface area contributed by atoms with Gasteiger partial charge in [0.15, 0.2) is 0 Å². The van der Waals surface area contributed by atoms with Crippen molar-refractivity contribution < 1.29 is 4.74 Å². The average molecular weight is 305 g/mol. The van der Waals surface area contributed by atoms with E-state index in [0.29, 0.717) is 6.54 Å². The van der Waals surface area contributed by atoms with Crippen molar-refractivity contribution in [2.75, 3.05) is 20.7 Å². The number of nitrogens with two attached hydrogens (primary N) is 1. The van der Waals surface area contributed by atoms with Crippen LogP contribution in [0.25, 0.3) is 0 Å². The highest BCUT2D eigenvalue weighted by Crippen LogP contribution is 2.25. The Morgan fingerprint density at radius 2 is 1.81 bits per heavy atom. The number of hydrogen-bond donors (Lipinski definition) is 1. The number of rotatable bonds is 6. The Hall–Kier alpha value is -1.55. The fourth-order valence-electron chi connectivity index (χ4n) is 2.47. The Bertz CT molecular complexity index is 571. The Morgan fingerprint density at radius 3 is 2.43 bits per heavy atom. The Kier molecular flexibility index (Phi) is 5.62. The van der Waals surface area contributed by atoms with E-state index in [0.717, 1.165) is 22.9 Å². The molecule has 0 spiro atoms. The first kappa shape index (κ1) is 15.8. The van der Waals surface area contributed by atoms with E-state index < -0.39 is 0 Å². The quantitative estimate of drug-likeness (QED) is 0.888. The van der Waals surface area contributed by atoms with Gasteiger partial charge in [0, 0.05) is 29.7 Å². The predicted octanol–water partition coefficient (Wildman–Crippen LogP) is 3.48. The van der Waals surface area contributed by atoms with Gasteiger partial charge in [-0.15, -0.1) is 0 Å². The molecule has 2 rings (SSSR count). The van der Waals surface area contributed by atoms with Gasteiger partial charge in [-0.3, -0.25) is 4.90 Å². The Balaban J connectivity index is 2.16. The fourth-order valence-corrected chi connectivity index (χ4v) is 2.59. The molecule has 0 bridgehead atoms. The minimum absolute atomic E-state index is 0.146. The number of halogens is 1. The smallest absolute Gasteiger partial charge is 0.123 e. The van der Waals surface area contributed by atoms with Crippen LogP contribution in [0.15, 0.2) is 48.5 Å². The second kappa shape index (κ2) is 7.46. The van der Waals surface area contributed by atoms with Crippen LogP contribution >= 0.6 is 11.6 Å². The minimum Gasteiger partial charge on any atom is -0.496 e. The lowest BCUT2D eigenvalue weighted by molar-refractivity contribution is 0.238. The third-order valence-corrected chi connectivity index (χ3v) is 3.87. The zero-order chi connectivity index (χ0) is 15.2. The lowest BCUT2D eigenvalue weighted by Gasteiger charge is -2.28. The maximum Gasteiger partial charge on any atom is 0.123 e. The van der Waals surface area contributed by atoms with Crippen molar-refractivity contribution in [1.82, 2.24) is 4.90 Å². The van der Waals surface area contributed by atoms with E-state index >= 15 is 0 Å². The van der Waals surface area contributed by atoms with E-state index in [2.05, 4.69) is 18.0 Å². The summed E-state index contributed by atoms with van der Waals surface area (Å²) in [5.74, 6) is 0.899. The molecule has 4 heteroatoms. The maximum atomic E-state index is 5.96. The van der Waals surface area contributed by atoms with Crippen molar-refractivity contribution in [2.45, 2.75) is 12.6 Å². The van der Waals surface area contributed by atoms with Crippen molar-refractivity contribution in [3.63, 3.8) is 0 Å². The van der Waals surface area contributed by atoms with Crippen LogP contribution in [-0.2, 0) is 6.54 Å². The summed E-state index contributed by atoms with van der Waals surface area (Å²) < 4.78 is 5.41. The van der Waals surface area contributed by atoms with E-state index in [1.807, 2.05) is 42.5 Å². The molecule has 112 valence electrons. The topological polar surface area (TPSA) is 38.5 Å². The number of benzene rings is 2. The molecular formula is C17H21ClN2O. The zero-order valence-corrected chi connectivity index (χ0v) is 13.2. The summed E-state index contributed by atoms with van der Waals surface area (Å²) in [4.78, 5) is 2.22. The highest BCUT2D eigenvalue weighted by atomic mass is 35.5. The summed E-state index contributed by atoms with van der Waals surface area (Å²) in [7, 11) is 3.76. The van der Waals surface area contributed by atoms with Gasteiger partial charge in [0.1, 0.15) is 5.75 Å². The monoisotopic (exact) mass is 304 g/mol. The van der Waals surface area contributed by atoms with Crippen LogP contribution in [0, 0.1) is 0 Å². The molecule has 1 unspecified atom stereocenters. The first-order valence-corrected chi connectivity index (χ1v) is 7.31. The highest BCUT2D eigenvalue weighted by molar-refractivity contribution is 6.30. The van der Waals surface area contributed by atoms with E-state index in [1.54, 1.807) is 7.11 Å². The molecular weight excluding hydrogens is 284 g/mol. The number of ether oxygens (including phenoxy) is 1. The molecule has 3 nitrogen and oxygen atoms in total. The summed E-state index contributed by atoms with van der Waals surface area (Å²) in [5.41, 5.74) is 8.28. The SMILES string of the molecule is COc1ccccc1CN(C)C(CN)c1ccc(Cl)cc1. The van der Waals surface area contributed by atoms with Crippen LogP contribution in [-0.4, -0.2) is 25.6 Å². The minimum atomic E-state index is 0.146. The van der Waals surface area contributed by atoms with Crippen molar-refractivity contribution in [1.29, 1.82) is 0 Å². The molecule has 0 radical (unpaired) electrons. The van der Waals surface area contributed by atoms with Crippen LogP contribution in [0.1, 0.15) is 17.2 Å². The van der Waals surface area contributed by atoms with Gasteiger partial charge in [-0.2, -0.15) is 0 Å². The van der Waals surface area contributed by atoms with Gasteiger partial charge in [-0.05, 0) is 30.8 Å². The normalized spacial score (nSPS) is 12.4. The van der Waals surface area contributed by atoms with Crippen LogP contribution in [0.2, 0.25) is 5.02 Å². The first-order valence-electron chi connectivity index (χ1n) is 6.93. The number of hydrogen-bond acceptors (Lipinski definition) is 3. The second-order valence-corrected chi connectivity index (χ2v) is 5.47. The van der Waals surface area contributed by atoms with E-state index in [9.17, 15) is 0 Å². The molecule has 2 aromatic carbocycles. The summed E-state index contributed by atoms with van der Waals surface area (Å²) in [6, 6.07) is 16.0. The third-order valence-electron chi connectivity index (χ3n) is 3.62. The number of likely N-dealkylation sites (N-methyl/N-ethyl adjacent to an activating group) is 1. The Labute approximate surface area is 131 Å². The Morgan fingerprint density at radius 1 is 1.14 bits per heavy atom. The molecule has 0 aliphatic heterocycles. The summed E-state index contributed by atoms with van der Waals surface area (Å²) in [6.45, 7) is 1.32.